The van der Waals surface area contributed by atoms with E-state index in [0.29, 0.717) is 33.8 Å². The molecule has 1 unspecified atom stereocenters. The highest BCUT2D eigenvalue weighted by Gasteiger charge is 2.45. The number of para-hydroxylation sites is 1. The molecule has 9 nitrogen and oxygen atoms in total. The van der Waals surface area contributed by atoms with Gasteiger partial charge in [0.05, 0.1) is 32.9 Å². The molecule has 5 rings (SSSR count). The number of Topliss-reactive ketones (excluding diaryl/α,β-unsaturated/α-hetero) is 1. The molecule has 9 heteroatoms. The van der Waals surface area contributed by atoms with Gasteiger partial charge in [0.2, 0.25) is 5.78 Å². The number of ketones is 1. The minimum Gasteiger partial charge on any atom is -0.503 e. The van der Waals surface area contributed by atoms with Crippen molar-refractivity contribution in [1.82, 2.24) is 9.88 Å². The maximum Gasteiger partial charge on any atom is 0.290 e. The van der Waals surface area contributed by atoms with Crippen molar-refractivity contribution in [3.8, 4) is 17.2 Å². The lowest BCUT2D eigenvalue weighted by molar-refractivity contribution is -0.130. The van der Waals surface area contributed by atoms with E-state index in [0.717, 1.165) is 5.56 Å². The first-order valence-electron chi connectivity index (χ1n) is 11.4. The quantitative estimate of drug-likeness (QED) is 0.349. The summed E-state index contributed by atoms with van der Waals surface area (Å²) in [6, 6.07) is 14.6. The van der Waals surface area contributed by atoms with Gasteiger partial charge in [0.15, 0.2) is 34.4 Å². The van der Waals surface area contributed by atoms with E-state index in [1.165, 1.54) is 26.2 Å². The number of carbonyl (C=O) groups excluding carboxylic acids is 2. The number of hydrogen-bond donors (Lipinski definition) is 1. The summed E-state index contributed by atoms with van der Waals surface area (Å²) >= 11 is 0. The number of ether oxygens (including phenoxy) is 3. The molecule has 0 saturated carbocycles. The standard InChI is InChI=1S/C28H24N2O7/c1-34-19-10-9-17(12-21(19)36-3)24-23(26(32)28(33)30(24)15-16-6-5-11-29-14-16)25(31)22-13-18-7-4-8-20(35-2)27(18)37-22/h4-14,24,32H,15H2,1-3H3. The first kappa shape index (κ1) is 23.9. The Hall–Kier alpha value is -4.79. The minimum absolute atomic E-state index is 0.0254. The molecule has 1 atom stereocenters. The van der Waals surface area contributed by atoms with E-state index in [1.54, 1.807) is 60.9 Å². The van der Waals surface area contributed by atoms with Gasteiger partial charge in [0.25, 0.3) is 5.91 Å². The van der Waals surface area contributed by atoms with Crippen LogP contribution in [0.25, 0.3) is 11.0 Å². The van der Waals surface area contributed by atoms with Crippen LogP contribution in [0.3, 0.4) is 0 Å². The van der Waals surface area contributed by atoms with Crippen LogP contribution in [-0.2, 0) is 11.3 Å². The van der Waals surface area contributed by atoms with Crippen LogP contribution in [-0.4, -0.2) is 48.0 Å². The molecule has 1 amide bonds. The summed E-state index contributed by atoms with van der Waals surface area (Å²) in [6.07, 6.45) is 3.25. The lowest BCUT2D eigenvalue weighted by Crippen LogP contribution is -2.30. The fraction of sp³-hybridized carbons (Fsp3) is 0.179. The van der Waals surface area contributed by atoms with Crippen molar-refractivity contribution in [1.29, 1.82) is 0 Å². The van der Waals surface area contributed by atoms with Crippen LogP contribution in [0.15, 0.2) is 82.7 Å². The van der Waals surface area contributed by atoms with E-state index >= 15 is 0 Å². The number of fused-ring (bicyclic) bond motifs is 1. The van der Waals surface area contributed by atoms with Crippen LogP contribution in [0, 0.1) is 0 Å². The molecule has 1 aliphatic heterocycles. The van der Waals surface area contributed by atoms with Gasteiger partial charge < -0.3 is 28.6 Å². The molecule has 4 aromatic rings. The van der Waals surface area contributed by atoms with Crippen LogP contribution >= 0.6 is 0 Å². The minimum atomic E-state index is -0.921. The van der Waals surface area contributed by atoms with Gasteiger partial charge in [-0.3, -0.25) is 14.6 Å². The number of carbonyl (C=O) groups is 2. The fourth-order valence-electron chi connectivity index (χ4n) is 4.55. The Morgan fingerprint density at radius 2 is 1.78 bits per heavy atom. The van der Waals surface area contributed by atoms with Crippen molar-refractivity contribution in [2.75, 3.05) is 21.3 Å². The molecule has 0 saturated heterocycles. The highest BCUT2D eigenvalue weighted by atomic mass is 16.5. The van der Waals surface area contributed by atoms with Gasteiger partial charge in [0, 0.05) is 24.3 Å². The van der Waals surface area contributed by atoms with Crippen molar-refractivity contribution in [2.45, 2.75) is 12.6 Å². The molecule has 0 spiro atoms. The number of nitrogens with zero attached hydrogens (tertiary/aromatic N) is 2. The van der Waals surface area contributed by atoms with Gasteiger partial charge in [-0.2, -0.15) is 0 Å². The number of benzene rings is 2. The number of amides is 1. The average Bonchev–Trinajstić information content (AvgIpc) is 3.48. The maximum absolute atomic E-state index is 13.8. The zero-order valence-electron chi connectivity index (χ0n) is 20.4. The Morgan fingerprint density at radius 1 is 1.00 bits per heavy atom. The third-order valence-corrected chi connectivity index (χ3v) is 6.30. The molecule has 0 fully saturated rings. The summed E-state index contributed by atoms with van der Waals surface area (Å²) in [5.41, 5.74) is 1.58. The molecule has 37 heavy (non-hydrogen) atoms. The van der Waals surface area contributed by atoms with Crippen molar-refractivity contribution in [3.63, 3.8) is 0 Å². The molecule has 2 aromatic carbocycles. The van der Waals surface area contributed by atoms with Crippen molar-refractivity contribution in [2.24, 2.45) is 0 Å². The number of pyridine rings is 1. The van der Waals surface area contributed by atoms with Crippen molar-refractivity contribution in [3.05, 3.63) is 95.2 Å². The van der Waals surface area contributed by atoms with E-state index in [2.05, 4.69) is 4.98 Å². The second kappa shape index (κ2) is 9.69. The maximum atomic E-state index is 13.8. The third-order valence-electron chi connectivity index (χ3n) is 6.30. The first-order valence-corrected chi connectivity index (χ1v) is 11.4. The Balaban J connectivity index is 1.63. The SMILES string of the molecule is COc1ccc(C2C(C(=O)c3cc4cccc(OC)c4o3)=C(O)C(=O)N2Cc2cccnc2)cc1OC. The van der Waals surface area contributed by atoms with Gasteiger partial charge in [-0.25, -0.2) is 0 Å². The molecule has 1 N–H and O–H groups in total. The average molecular weight is 501 g/mol. The molecule has 0 bridgehead atoms. The highest BCUT2D eigenvalue weighted by molar-refractivity contribution is 6.16. The highest BCUT2D eigenvalue weighted by Crippen LogP contribution is 2.43. The molecule has 2 aromatic heterocycles. The van der Waals surface area contributed by atoms with Crippen LogP contribution in [0.4, 0.5) is 0 Å². The molecule has 3 heterocycles. The second-order valence-electron chi connectivity index (χ2n) is 8.39. The van der Waals surface area contributed by atoms with Crippen LogP contribution < -0.4 is 14.2 Å². The topological polar surface area (TPSA) is 111 Å². The molecular formula is C28H24N2O7. The number of aliphatic hydroxyl groups is 1. The number of aromatic nitrogens is 1. The Bertz CT molecular complexity index is 1520. The summed E-state index contributed by atoms with van der Waals surface area (Å²) in [5.74, 6) is -0.589. The largest absolute Gasteiger partial charge is 0.503 e. The van der Waals surface area contributed by atoms with Crippen LogP contribution in [0.1, 0.15) is 27.7 Å². The monoisotopic (exact) mass is 500 g/mol. The molecule has 0 aliphatic carbocycles. The lowest BCUT2D eigenvalue weighted by atomic mass is 9.94. The Morgan fingerprint density at radius 3 is 2.49 bits per heavy atom. The van der Waals surface area contributed by atoms with E-state index in [9.17, 15) is 14.7 Å². The zero-order chi connectivity index (χ0) is 26.1. The Kier molecular flexibility index (Phi) is 6.27. The third kappa shape index (κ3) is 4.14. The number of rotatable bonds is 8. The number of methoxy groups -OCH3 is 3. The van der Waals surface area contributed by atoms with E-state index in [-0.39, 0.29) is 17.9 Å². The van der Waals surface area contributed by atoms with Gasteiger partial charge in [-0.1, -0.05) is 24.3 Å². The Labute approximate surface area is 212 Å². The van der Waals surface area contributed by atoms with E-state index in [1.807, 2.05) is 6.07 Å². The summed E-state index contributed by atoms with van der Waals surface area (Å²) in [6.45, 7) is 0.112. The fourth-order valence-corrected chi connectivity index (χ4v) is 4.55. The smallest absolute Gasteiger partial charge is 0.290 e. The lowest BCUT2D eigenvalue weighted by Gasteiger charge is -2.27. The van der Waals surface area contributed by atoms with Gasteiger partial charge in [-0.15, -0.1) is 0 Å². The second-order valence-corrected chi connectivity index (χ2v) is 8.39. The number of hydrogen-bond acceptors (Lipinski definition) is 8. The number of aliphatic hydroxyl groups excluding tert-OH is 1. The molecule has 188 valence electrons. The van der Waals surface area contributed by atoms with Crippen LogP contribution in [0.2, 0.25) is 0 Å². The van der Waals surface area contributed by atoms with Gasteiger partial charge >= 0.3 is 0 Å². The zero-order valence-corrected chi connectivity index (χ0v) is 20.4. The molecular weight excluding hydrogens is 476 g/mol. The summed E-state index contributed by atoms with van der Waals surface area (Å²) in [5, 5.41) is 11.7. The van der Waals surface area contributed by atoms with Gasteiger partial charge in [-0.05, 0) is 41.5 Å². The summed E-state index contributed by atoms with van der Waals surface area (Å²) in [4.78, 5) is 32.7. The van der Waals surface area contributed by atoms with E-state index < -0.39 is 23.5 Å². The van der Waals surface area contributed by atoms with E-state index in [4.69, 9.17) is 18.6 Å². The van der Waals surface area contributed by atoms with Gasteiger partial charge in [0.1, 0.15) is 0 Å². The van der Waals surface area contributed by atoms with Crippen molar-refractivity contribution >= 4 is 22.7 Å². The van der Waals surface area contributed by atoms with Crippen molar-refractivity contribution < 1.29 is 33.3 Å². The number of furan rings is 1. The predicted molar refractivity (Wildman–Crippen MR) is 134 cm³/mol. The molecule has 0 radical (unpaired) electrons. The van der Waals surface area contributed by atoms with Crippen LogP contribution in [0.5, 0.6) is 17.2 Å². The normalized spacial score (nSPS) is 15.4. The predicted octanol–water partition coefficient (Wildman–Crippen LogP) is 4.63. The molecule has 1 aliphatic rings. The first-order chi connectivity index (χ1) is 18.0. The summed E-state index contributed by atoms with van der Waals surface area (Å²) < 4.78 is 22.0. The summed E-state index contributed by atoms with van der Waals surface area (Å²) in [7, 11) is 4.52.